The molecule has 7 nitrogen and oxygen atoms in total. The summed E-state index contributed by atoms with van der Waals surface area (Å²) in [6, 6.07) is 17.3. The number of ether oxygens (including phenoxy) is 2. The van der Waals surface area contributed by atoms with E-state index in [0.717, 1.165) is 30.3 Å². The van der Waals surface area contributed by atoms with Gasteiger partial charge in [0.15, 0.2) is 11.0 Å². The smallest absolute Gasteiger partial charge is 0.233 e. The molecular weight excluding hydrogens is 436 g/mol. The second kappa shape index (κ2) is 10.7. The number of para-hydroxylation sites is 1. The number of hydrogen-bond donors (Lipinski definition) is 0. The molecule has 4 rings (SSSR count). The van der Waals surface area contributed by atoms with Crippen LogP contribution in [-0.4, -0.2) is 51.5 Å². The zero-order valence-electron chi connectivity index (χ0n) is 19.3. The van der Waals surface area contributed by atoms with Gasteiger partial charge < -0.3 is 14.4 Å². The van der Waals surface area contributed by atoms with Crippen LogP contribution in [-0.2, 0) is 11.4 Å². The van der Waals surface area contributed by atoms with Crippen LogP contribution in [0, 0.1) is 11.8 Å². The van der Waals surface area contributed by atoms with Crippen LogP contribution in [0.15, 0.2) is 59.8 Å². The summed E-state index contributed by atoms with van der Waals surface area (Å²) in [4.78, 5) is 14.9. The number of likely N-dealkylation sites (tertiary alicyclic amines) is 1. The summed E-state index contributed by atoms with van der Waals surface area (Å²) in [5.74, 6) is 3.73. The minimum absolute atomic E-state index is 0.150. The van der Waals surface area contributed by atoms with Crippen LogP contribution >= 0.6 is 11.8 Å². The molecule has 1 aliphatic rings. The van der Waals surface area contributed by atoms with E-state index in [9.17, 15) is 4.79 Å². The Morgan fingerprint density at radius 1 is 1.00 bits per heavy atom. The van der Waals surface area contributed by atoms with Gasteiger partial charge in [0.05, 0.1) is 12.9 Å². The average Bonchev–Trinajstić information content (AvgIpc) is 3.24. The summed E-state index contributed by atoms with van der Waals surface area (Å²) in [6.45, 7) is 6.34. The van der Waals surface area contributed by atoms with E-state index in [1.807, 2.05) is 64.1 Å². The molecule has 174 valence electrons. The quantitative estimate of drug-likeness (QED) is 0.457. The van der Waals surface area contributed by atoms with Gasteiger partial charge >= 0.3 is 0 Å². The molecule has 1 aromatic heterocycles. The number of carbonyl (C=O) groups excluding carboxylic acids is 1. The molecule has 0 spiro atoms. The highest BCUT2D eigenvalue weighted by atomic mass is 32.2. The summed E-state index contributed by atoms with van der Waals surface area (Å²) in [6.07, 6.45) is 1.18. The lowest BCUT2D eigenvalue weighted by Crippen LogP contribution is -2.43. The summed E-state index contributed by atoms with van der Waals surface area (Å²) in [5, 5.41) is 9.44. The Bertz CT molecular complexity index is 1050. The number of nitrogens with zero attached hydrogens (tertiary/aromatic N) is 4. The Hall–Kier alpha value is -3.00. The van der Waals surface area contributed by atoms with Gasteiger partial charge in [0.1, 0.15) is 18.1 Å². The highest BCUT2D eigenvalue weighted by Gasteiger charge is 2.26. The first-order valence-corrected chi connectivity index (χ1v) is 12.2. The van der Waals surface area contributed by atoms with E-state index in [2.05, 4.69) is 24.0 Å². The van der Waals surface area contributed by atoms with Gasteiger partial charge in [-0.2, -0.15) is 0 Å². The van der Waals surface area contributed by atoms with Crippen molar-refractivity contribution in [3.05, 3.63) is 60.4 Å². The monoisotopic (exact) mass is 466 g/mol. The van der Waals surface area contributed by atoms with Crippen molar-refractivity contribution in [2.24, 2.45) is 11.8 Å². The number of amides is 1. The van der Waals surface area contributed by atoms with Crippen molar-refractivity contribution in [2.45, 2.75) is 32.0 Å². The number of aromatic nitrogens is 3. The fourth-order valence-electron chi connectivity index (χ4n) is 4.23. The highest BCUT2D eigenvalue weighted by Crippen LogP contribution is 2.26. The van der Waals surface area contributed by atoms with Crippen molar-refractivity contribution in [1.82, 2.24) is 19.7 Å². The predicted molar refractivity (Wildman–Crippen MR) is 129 cm³/mol. The van der Waals surface area contributed by atoms with Gasteiger partial charge in [0.25, 0.3) is 0 Å². The lowest BCUT2D eigenvalue weighted by molar-refractivity contribution is -0.130. The van der Waals surface area contributed by atoms with E-state index in [1.54, 1.807) is 7.11 Å². The third-order valence-electron chi connectivity index (χ3n) is 5.69. The maximum atomic E-state index is 12.9. The van der Waals surface area contributed by atoms with Crippen molar-refractivity contribution in [1.29, 1.82) is 0 Å². The predicted octanol–water partition coefficient (Wildman–Crippen LogP) is 4.45. The molecule has 33 heavy (non-hydrogen) atoms. The lowest BCUT2D eigenvalue weighted by atomic mass is 9.92. The summed E-state index contributed by atoms with van der Waals surface area (Å²) >= 11 is 1.42. The molecule has 1 saturated heterocycles. The van der Waals surface area contributed by atoms with Crippen molar-refractivity contribution in [3.8, 4) is 17.2 Å². The Kier molecular flexibility index (Phi) is 7.54. The van der Waals surface area contributed by atoms with Gasteiger partial charge in [-0.3, -0.25) is 9.36 Å². The number of thioether (sulfide) groups is 1. The van der Waals surface area contributed by atoms with E-state index in [0.29, 0.717) is 28.6 Å². The number of piperidine rings is 1. The first-order valence-electron chi connectivity index (χ1n) is 11.2. The zero-order valence-corrected chi connectivity index (χ0v) is 20.1. The van der Waals surface area contributed by atoms with Gasteiger partial charge in [0.2, 0.25) is 5.91 Å². The van der Waals surface area contributed by atoms with Crippen LogP contribution in [0.3, 0.4) is 0 Å². The molecule has 0 saturated carbocycles. The van der Waals surface area contributed by atoms with Gasteiger partial charge in [-0.05, 0) is 54.7 Å². The van der Waals surface area contributed by atoms with Crippen LogP contribution in [0.4, 0.5) is 0 Å². The van der Waals surface area contributed by atoms with Gasteiger partial charge in [-0.1, -0.05) is 43.8 Å². The largest absolute Gasteiger partial charge is 0.497 e. The van der Waals surface area contributed by atoms with Crippen molar-refractivity contribution in [2.75, 3.05) is 26.0 Å². The lowest BCUT2D eigenvalue weighted by Gasteiger charge is -2.34. The Labute approximate surface area is 199 Å². The molecule has 2 unspecified atom stereocenters. The van der Waals surface area contributed by atoms with Crippen molar-refractivity contribution < 1.29 is 14.3 Å². The Morgan fingerprint density at radius 3 is 2.33 bits per heavy atom. The molecule has 2 atom stereocenters. The summed E-state index contributed by atoms with van der Waals surface area (Å²) in [7, 11) is 1.63. The zero-order chi connectivity index (χ0) is 23.2. The highest BCUT2D eigenvalue weighted by molar-refractivity contribution is 7.99. The number of benzene rings is 2. The topological polar surface area (TPSA) is 69.5 Å². The van der Waals surface area contributed by atoms with E-state index in [1.165, 1.54) is 18.2 Å². The van der Waals surface area contributed by atoms with Crippen LogP contribution < -0.4 is 9.47 Å². The van der Waals surface area contributed by atoms with E-state index in [4.69, 9.17) is 9.47 Å². The molecule has 1 amide bonds. The molecule has 1 fully saturated rings. The molecule has 3 aromatic rings. The molecule has 0 N–H and O–H groups in total. The molecular formula is C25H30N4O3S. The van der Waals surface area contributed by atoms with Gasteiger partial charge in [-0.25, -0.2) is 0 Å². The minimum Gasteiger partial charge on any atom is -0.497 e. The second-order valence-electron chi connectivity index (χ2n) is 8.57. The maximum Gasteiger partial charge on any atom is 0.233 e. The fourth-order valence-corrected chi connectivity index (χ4v) is 5.10. The number of rotatable bonds is 8. The van der Waals surface area contributed by atoms with Crippen LogP contribution in [0.2, 0.25) is 0 Å². The first kappa shape index (κ1) is 23.2. The van der Waals surface area contributed by atoms with Crippen molar-refractivity contribution in [3.63, 3.8) is 0 Å². The maximum absolute atomic E-state index is 12.9. The first-order chi connectivity index (χ1) is 16.0. The van der Waals surface area contributed by atoms with Crippen molar-refractivity contribution >= 4 is 17.7 Å². The molecule has 2 aromatic carbocycles. The van der Waals surface area contributed by atoms with E-state index >= 15 is 0 Å². The molecule has 1 aliphatic heterocycles. The van der Waals surface area contributed by atoms with E-state index in [-0.39, 0.29) is 12.5 Å². The third kappa shape index (κ3) is 5.87. The molecule has 8 heteroatoms. The third-order valence-corrected chi connectivity index (χ3v) is 6.60. The normalized spacial score (nSPS) is 18.2. The number of methoxy groups -OCH3 is 1. The SMILES string of the molecule is COc1ccc(OCc2nnc(SCC(=O)N3CC(C)CC(C)C3)n2-c2ccccc2)cc1. The van der Waals surface area contributed by atoms with Gasteiger partial charge in [-0.15, -0.1) is 10.2 Å². The number of hydrogen-bond acceptors (Lipinski definition) is 6. The Morgan fingerprint density at radius 2 is 1.67 bits per heavy atom. The van der Waals surface area contributed by atoms with Crippen LogP contribution in [0.25, 0.3) is 5.69 Å². The second-order valence-corrected chi connectivity index (χ2v) is 9.51. The van der Waals surface area contributed by atoms with Crippen LogP contribution in [0.5, 0.6) is 11.5 Å². The Balaban J connectivity index is 1.48. The molecule has 0 aliphatic carbocycles. The van der Waals surface area contributed by atoms with E-state index < -0.39 is 0 Å². The molecule has 0 radical (unpaired) electrons. The number of carbonyl (C=O) groups is 1. The summed E-state index contributed by atoms with van der Waals surface area (Å²) < 4.78 is 13.1. The molecule has 2 heterocycles. The average molecular weight is 467 g/mol. The minimum atomic E-state index is 0.150. The summed E-state index contributed by atoms with van der Waals surface area (Å²) in [5.41, 5.74) is 0.936. The fraction of sp³-hybridized carbons (Fsp3) is 0.400. The van der Waals surface area contributed by atoms with Crippen LogP contribution in [0.1, 0.15) is 26.1 Å². The van der Waals surface area contributed by atoms with Gasteiger partial charge in [0, 0.05) is 18.8 Å². The molecule has 0 bridgehead atoms. The standard InChI is InChI=1S/C25H30N4O3S/c1-18-13-19(2)15-28(14-18)24(30)17-33-25-27-26-23(29(25)20-7-5-4-6-8-20)16-32-22-11-9-21(31-3)10-12-22/h4-12,18-19H,13-17H2,1-3H3.